The topological polar surface area (TPSA) is 51.1 Å². The van der Waals surface area contributed by atoms with E-state index in [-0.39, 0.29) is 11.9 Å². The number of carbonyl (C=O) groups excluding carboxylic acids is 1. The molecule has 2 aliphatic rings. The van der Waals surface area contributed by atoms with Crippen LogP contribution < -0.4 is 14.4 Å². The first kappa shape index (κ1) is 17.7. The van der Waals surface area contributed by atoms with Crippen molar-refractivity contribution in [1.82, 2.24) is 0 Å². The minimum atomic E-state index is -0.0690. The van der Waals surface area contributed by atoms with Gasteiger partial charge in [0.1, 0.15) is 13.2 Å². The van der Waals surface area contributed by atoms with E-state index in [4.69, 9.17) is 9.47 Å². The van der Waals surface area contributed by atoms with E-state index < -0.39 is 0 Å². The van der Waals surface area contributed by atoms with Crippen LogP contribution in [-0.2, 0) is 4.79 Å². The van der Waals surface area contributed by atoms with E-state index in [0.717, 1.165) is 17.0 Å². The molecule has 5 nitrogen and oxygen atoms in total. The molecule has 0 unspecified atom stereocenters. The lowest BCUT2D eigenvalue weighted by molar-refractivity contribution is -0.113. The Morgan fingerprint density at radius 2 is 1.81 bits per heavy atom. The standard InChI is InChI=1S/C21H20N2O3S/c1-14(2)22-21-23(16-6-4-3-5-7-16)20(24)19(27-21)13-15-8-9-17-18(12-15)26-11-10-25-17/h3-9,12-14H,10-11H2,1-2H3. The molecule has 0 spiro atoms. The minimum absolute atomic E-state index is 0.0690. The monoisotopic (exact) mass is 380 g/mol. The number of nitrogens with zero attached hydrogens (tertiary/aromatic N) is 2. The van der Waals surface area contributed by atoms with Crippen LogP contribution in [0.4, 0.5) is 5.69 Å². The fourth-order valence-electron chi connectivity index (χ4n) is 2.89. The largest absolute Gasteiger partial charge is 0.486 e. The summed E-state index contributed by atoms with van der Waals surface area (Å²) in [5.74, 6) is 1.38. The highest BCUT2D eigenvalue weighted by atomic mass is 32.2. The highest BCUT2D eigenvalue weighted by Gasteiger charge is 2.34. The van der Waals surface area contributed by atoms with Gasteiger partial charge in [0.15, 0.2) is 16.7 Å². The lowest BCUT2D eigenvalue weighted by Gasteiger charge is -2.18. The molecule has 0 saturated carbocycles. The number of para-hydroxylation sites is 1. The van der Waals surface area contributed by atoms with E-state index in [0.29, 0.717) is 29.0 Å². The van der Waals surface area contributed by atoms with Crippen LogP contribution in [0, 0.1) is 0 Å². The zero-order valence-electron chi connectivity index (χ0n) is 15.2. The summed E-state index contributed by atoms with van der Waals surface area (Å²) in [6, 6.07) is 15.4. The first-order chi connectivity index (χ1) is 13.1. The number of carbonyl (C=O) groups is 1. The van der Waals surface area contributed by atoms with E-state index in [2.05, 4.69) is 4.99 Å². The Morgan fingerprint density at radius 3 is 2.56 bits per heavy atom. The number of benzene rings is 2. The smallest absolute Gasteiger partial charge is 0.271 e. The molecule has 0 atom stereocenters. The molecule has 0 aromatic heterocycles. The first-order valence-electron chi connectivity index (χ1n) is 8.88. The zero-order valence-corrected chi connectivity index (χ0v) is 16.0. The van der Waals surface area contributed by atoms with E-state index in [9.17, 15) is 4.79 Å². The van der Waals surface area contributed by atoms with Gasteiger partial charge in [0.05, 0.1) is 10.6 Å². The summed E-state index contributed by atoms with van der Waals surface area (Å²) in [4.78, 5) is 20.0. The molecule has 138 valence electrons. The molecule has 1 amide bonds. The van der Waals surface area contributed by atoms with Gasteiger partial charge in [-0.15, -0.1) is 0 Å². The molecule has 0 N–H and O–H groups in total. The van der Waals surface area contributed by atoms with Crippen molar-refractivity contribution in [2.75, 3.05) is 18.1 Å². The number of anilines is 1. The van der Waals surface area contributed by atoms with E-state index in [1.807, 2.05) is 68.5 Å². The highest BCUT2D eigenvalue weighted by molar-refractivity contribution is 8.19. The molecule has 2 aromatic rings. The van der Waals surface area contributed by atoms with Gasteiger partial charge in [-0.1, -0.05) is 24.3 Å². The van der Waals surface area contributed by atoms with Crippen LogP contribution in [0.1, 0.15) is 19.4 Å². The van der Waals surface area contributed by atoms with Crippen LogP contribution in [0.3, 0.4) is 0 Å². The maximum atomic E-state index is 13.1. The number of hydrogen-bond donors (Lipinski definition) is 0. The summed E-state index contributed by atoms with van der Waals surface area (Å²) < 4.78 is 11.2. The van der Waals surface area contributed by atoms with E-state index in [1.54, 1.807) is 4.90 Å². The van der Waals surface area contributed by atoms with E-state index in [1.165, 1.54) is 11.8 Å². The van der Waals surface area contributed by atoms with Crippen molar-refractivity contribution in [2.45, 2.75) is 19.9 Å². The Bertz CT molecular complexity index is 922. The van der Waals surface area contributed by atoms with Crippen LogP contribution in [0.2, 0.25) is 0 Å². The average molecular weight is 380 g/mol. The fourth-order valence-corrected chi connectivity index (χ4v) is 4.00. The minimum Gasteiger partial charge on any atom is -0.486 e. The lowest BCUT2D eigenvalue weighted by Crippen LogP contribution is -2.29. The predicted molar refractivity (Wildman–Crippen MR) is 109 cm³/mol. The molecular formula is C21H20N2O3S. The van der Waals surface area contributed by atoms with Gasteiger partial charge in [-0.3, -0.25) is 14.7 Å². The van der Waals surface area contributed by atoms with Gasteiger partial charge >= 0.3 is 0 Å². The van der Waals surface area contributed by atoms with Crippen LogP contribution in [0.5, 0.6) is 11.5 Å². The SMILES string of the molecule is CC(C)N=C1SC(=Cc2ccc3c(c2)OCCO3)C(=O)N1c1ccccc1. The summed E-state index contributed by atoms with van der Waals surface area (Å²) in [6.07, 6.45) is 1.88. The number of amidine groups is 1. The quantitative estimate of drug-likeness (QED) is 0.743. The fraction of sp³-hybridized carbons (Fsp3) is 0.238. The third-order valence-electron chi connectivity index (χ3n) is 4.05. The predicted octanol–water partition coefficient (Wildman–Crippen LogP) is 4.34. The van der Waals surface area contributed by atoms with Crippen LogP contribution in [0.25, 0.3) is 6.08 Å². The number of aliphatic imine (C=N–C) groups is 1. The van der Waals surface area contributed by atoms with Crippen LogP contribution in [-0.4, -0.2) is 30.3 Å². The molecule has 0 aliphatic carbocycles. The van der Waals surface area contributed by atoms with Crippen molar-refractivity contribution in [1.29, 1.82) is 0 Å². The molecule has 2 aromatic carbocycles. The summed E-state index contributed by atoms with van der Waals surface area (Å²) in [7, 11) is 0. The number of hydrogen-bond acceptors (Lipinski definition) is 5. The molecule has 4 rings (SSSR count). The van der Waals surface area contributed by atoms with E-state index >= 15 is 0 Å². The third-order valence-corrected chi connectivity index (χ3v) is 5.04. The molecule has 1 saturated heterocycles. The molecule has 1 fully saturated rings. The summed E-state index contributed by atoms with van der Waals surface area (Å²) in [5.41, 5.74) is 1.72. The Balaban J connectivity index is 1.69. The van der Waals surface area contributed by atoms with Gasteiger partial charge in [-0.05, 0) is 61.5 Å². The van der Waals surface area contributed by atoms with Crippen molar-refractivity contribution >= 4 is 34.6 Å². The Hall–Kier alpha value is -2.73. The molecule has 2 aliphatic heterocycles. The second kappa shape index (κ2) is 7.48. The van der Waals surface area contributed by atoms with Gasteiger partial charge in [0.2, 0.25) is 0 Å². The van der Waals surface area contributed by atoms with Gasteiger partial charge in [-0.25, -0.2) is 0 Å². The number of amides is 1. The Morgan fingerprint density at radius 1 is 1.07 bits per heavy atom. The van der Waals surface area contributed by atoms with Crippen molar-refractivity contribution in [3.63, 3.8) is 0 Å². The highest BCUT2D eigenvalue weighted by Crippen LogP contribution is 2.37. The van der Waals surface area contributed by atoms with Crippen LogP contribution in [0.15, 0.2) is 58.4 Å². The summed E-state index contributed by atoms with van der Waals surface area (Å²) in [6.45, 7) is 5.10. The summed E-state index contributed by atoms with van der Waals surface area (Å²) >= 11 is 1.40. The number of rotatable bonds is 3. The second-order valence-corrected chi connectivity index (χ2v) is 7.50. The first-order valence-corrected chi connectivity index (χ1v) is 9.70. The lowest BCUT2D eigenvalue weighted by atomic mass is 10.1. The van der Waals surface area contributed by atoms with Gasteiger partial charge in [0, 0.05) is 6.04 Å². The number of fused-ring (bicyclic) bond motifs is 1. The van der Waals surface area contributed by atoms with Crippen molar-refractivity contribution in [3.05, 3.63) is 59.0 Å². The van der Waals surface area contributed by atoms with Crippen LogP contribution >= 0.6 is 11.8 Å². The normalized spacial score (nSPS) is 19.4. The Labute approximate surface area is 162 Å². The molecule has 27 heavy (non-hydrogen) atoms. The molecule has 2 heterocycles. The maximum Gasteiger partial charge on any atom is 0.271 e. The molecular weight excluding hydrogens is 360 g/mol. The zero-order chi connectivity index (χ0) is 18.8. The van der Waals surface area contributed by atoms with Gasteiger partial charge in [-0.2, -0.15) is 0 Å². The summed E-state index contributed by atoms with van der Waals surface area (Å²) in [5, 5.41) is 0.699. The third kappa shape index (κ3) is 3.71. The number of ether oxygens (including phenoxy) is 2. The van der Waals surface area contributed by atoms with Crippen molar-refractivity contribution in [2.24, 2.45) is 4.99 Å². The average Bonchev–Trinajstić information content (AvgIpc) is 2.96. The second-order valence-electron chi connectivity index (χ2n) is 6.50. The van der Waals surface area contributed by atoms with Crippen molar-refractivity contribution in [3.8, 4) is 11.5 Å². The van der Waals surface area contributed by atoms with Gasteiger partial charge in [0.25, 0.3) is 5.91 Å². The van der Waals surface area contributed by atoms with Gasteiger partial charge < -0.3 is 9.47 Å². The molecule has 0 bridgehead atoms. The number of thioether (sulfide) groups is 1. The molecule has 6 heteroatoms. The van der Waals surface area contributed by atoms with Crippen molar-refractivity contribution < 1.29 is 14.3 Å². The Kier molecular flexibility index (Phi) is 4.90. The molecule has 0 radical (unpaired) electrons. The maximum absolute atomic E-state index is 13.1.